The average molecular weight is 277 g/mol. The van der Waals surface area contributed by atoms with Gasteiger partial charge in [0.25, 0.3) is 0 Å². The molecule has 1 aromatic rings. The summed E-state index contributed by atoms with van der Waals surface area (Å²) < 4.78 is 6.04. The van der Waals surface area contributed by atoms with Crippen molar-refractivity contribution in [2.24, 2.45) is 5.92 Å². The van der Waals surface area contributed by atoms with Gasteiger partial charge < -0.3 is 10.1 Å². The molecule has 0 aliphatic rings. The minimum absolute atomic E-state index is 0.167. The van der Waals surface area contributed by atoms with Crippen LogP contribution in [-0.2, 0) is 11.2 Å². The zero-order valence-corrected chi connectivity index (χ0v) is 14.0. The SMILES string of the molecule is CCOC(C)(CC)C(NC)c1cccc(CC(C)C)c1. The molecule has 114 valence electrons. The second-order valence-corrected chi connectivity index (χ2v) is 6.16. The first-order chi connectivity index (χ1) is 9.46. The molecule has 0 aromatic heterocycles. The second-order valence-electron chi connectivity index (χ2n) is 6.16. The Morgan fingerprint density at radius 2 is 1.95 bits per heavy atom. The van der Waals surface area contributed by atoms with Gasteiger partial charge in [0.2, 0.25) is 0 Å². The first-order valence-corrected chi connectivity index (χ1v) is 7.86. The van der Waals surface area contributed by atoms with Gasteiger partial charge in [-0.25, -0.2) is 0 Å². The predicted molar refractivity (Wildman–Crippen MR) is 87.1 cm³/mol. The number of likely N-dealkylation sites (N-methyl/N-ethyl adjacent to an activating group) is 1. The highest BCUT2D eigenvalue weighted by atomic mass is 16.5. The van der Waals surface area contributed by atoms with Crippen molar-refractivity contribution < 1.29 is 4.74 Å². The Bertz CT molecular complexity index is 402. The summed E-state index contributed by atoms with van der Waals surface area (Å²) in [7, 11) is 2.02. The van der Waals surface area contributed by atoms with Gasteiger partial charge in [0.05, 0.1) is 11.6 Å². The molecule has 0 saturated heterocycles. The lowest BCUT2D eigenvalue weighted by atomic mass is 9.86. The number of rotatable bonds is 8. The summed E-state index contributed by atoms with van der Waals surface area (Å²) in [5.74, 6) is 0.683. The molecule has 1 rings (SSSR count). The van der Waals surface area contributed by atoms with Crippen LogP contribution in [0.1, 0.15) is 58.2 Å². The van der Waals surface area contributed by atoms with E-state index < -0.39 is 0 Å². The lowest BCUT2D eigenvalue weighted by Crippen LogP contribution is -2.42. The van der Waals surface area contributed by atoms with Crippen molar-refractivity contribution in [2.75, 3.05) is 13.7 Å². The summed E-state index contributed by atoms with van der Waals surface area (Å²) in [5, 5.41) is 3.45. The molecule has 20 heavy (non-hydrogen) atoms. The summed E-state index contributed by atoms with van der Waals surface area (Å²) in [6.45, 7) is 11.7. The molecule has 2 heteroatoms. The number of benzene rings is 1. The van der Waals surface area contributed by atoms with Crippen LogP contribution in [-0.4, -0.2) is 19.3 Å². The maximum Gasteiger partial charge on any atom is 0.0845 e. The first-order valence-electron chi connectivity index (χ1n) is 7.86. The molecule has 1 aromatic carbocycles. The Hall–Kier alpha value is -0.860. The quantitative estimate of drug-likeness (QED) is 0.762. The van der Waals surface area contributed by atoms with Gasteiger partial charge in [-0.2, -0.15) is 0 Å². The van der Waals surface area contributed by atoms with Crippen molar-refractivity contribution in [2.45, 2.75) is 59.1 Å². The van der Waals surface area contributed by atoms with E-state index in [9.17, 15) is 0 Å². The molecule has 0 bridgehead atoms. The number of nitrogens with one attached hydrogen (secondary N) is 1. The van der Waals surface area contributed by atoms with Crippen LogP contribution < -0.4 is 5.32 Å². The smallest absolute Gasteiger partial charge is 0.0845 e. The number of hydrogen-bond acceptors (Lipinski definition) is 2. The fourth-order valence-electron chi connectivity index (χ4n) is 2.91. The normalized spacial score (nSPS) is 16.1. The van der Waals surface area contributed by atoms with Crippen molar-refractivity contribution >= 4 is 0 Å². The first kappa shape index (κ1) is 17.2. The summed E-state index contributed by atoms with van der Waals surface area (Å²) in [4.78, 5) is 0. The largest absolute Gasteiger partial charge is 0.374 e. The standard InChI is InChI=1S/C18H31NO/c1-7-18(5,20-8-2)17(19-6)16-11-9-10-15(13-16)12-14(3)4/h9-11,13-14,17,19H,7-8,12H2,1-6H3. The zero-order chi connectivity index (χ0) is 15.2. The molecule has 0 aliphatic heterocycles. The highest BCUT2D eigenvalue weighted by molar-refractivity contribution is 5.28. The van der Waals surface area contributed by atoms with Gasteiger partial charge in [-0.05, 0) is 50.8 Å². The maximum absolute atomic E-state index is 6.04. The third-order valence-corrected chi connectivity index (χ3v) is 4.00. The lowest BCUT2D eigenvalue weighted by Gasteiger charge is -2.37. The van der Waals surface area contributed by atoms with E-state index in [0.717, 1.165) is 19.4 Å². The Labute approximate surface area is 124 Å². The minimum atomic E-state index is -0.167. The van der Waals surface area contributed by atoms with Crippen molar-refractivity contribution in [3.8, 4) is 0 Å². The third kappa shape index (κ3) is 4.32. The van der Waals surface area contributed by atoms with E-state index in [1.165, 1.54) is 11.1 Å². The fraction of sp³-hybridized carbons (Fsp3) is 0.667. The van der Waals surface area contributed by atoms with Crippen molar-refractivity contribution in [1.82, 2.24) is 5.32 Å². The van der Waals surface area contributed by atoms with Crippen LogP contribution in [0.2, 0.25) is 0 Å². The van der Waals surface area contributed by atoms with Gasteiger partial charge in [0.15, 0.2) is 0 Å². The van der Waals surface area contributed by atoms with Crippen LogP contribution in [0.15, 0.2) is 24.3 Å². The molecule has 0 fully saturated rings. The van der Waals surface area contributed by atoms with Crippen molar-refractivity contribution in [3.05, 3.63) is 35.4 Å². The van der Waals surface area contributed by atoms with E-state index >= 15 is 0 Å². The van der Waals surface area contributed by atoms with E-state index in [2.05, 4.69) is 64.2 Å². The van der Waals surface area contributed by atoms with Crippen LogP contribution in [0.5, 0.6) is 0 Å². The van der Waals surface area contributed by atoms with Crippen molar-refractivity contribution in [3.63, 3.8) is 0 Å². The molecule has 0 saturated carbocycles. The Kier molecular flexibility index (Phi) is 6.70. The molecule has 0 spiro atoms. The molecule has 1 N–H and O–H groups in total. The van der Waals surface area contributed by atoms with Crippen molar-refractivity contribution in [1.29, 1.82) is 0 Å². The predicted octanol–water partition coefficient (Wildman–Crippen LogP) is 4.35. The fourth-order valence-corrected chi connectivity index (χ4v) is 2.91. The second kappa shape index (κ2) is 7.80. The van der Waals surface area contributed by atoms with E-state index in [0.29, 0.717) is 5.92 Å². The Balaban J connectivity index is 3.05. The van der Waals surface area contributed by atoms with E-state index in [1.807, 2.05) is 7.05 Å². The summed E-state index contributed by atoms with van der Waals surface area (Å²) in [6, 6.07) is 9.14. The van der Waals surface area contributed by atoms with E-state index in [4.69, 9.17) is 4.74 Å². The van der Waals surface area contributed by atoms with Crippen LogP contribution in [0.25, 0.3) is 0 Å². The summed E-state index contributed by atoms with van der Waals surface area (Å²) in [6.07, 6.45) is 2.11. The van der Waals surface area contributed by atoms with Crippen LogP contribution in [0.3, 0.4) is 0 Å². The molecule has 2 atom stereocenters. The molecular formula is C18H31NO. The van der Waals surface area contributed by atoms with Gasteiger partial charge in [0, 0.05) is 6.61 Å². The summed E-state index contributed by atoms with van der Waals surface area (Å²) in [5.41, 5.74) is 2.57. The highest BCUT2D eigenvalue weighted by Crippen LogP contribution is 2.32. The average Bonchev–Trinajstić information content (AvgIpc) is 2.39. The van der Waals surface area contributed by atoms with Crippen LogP contribution in [0.4, 0.5) is 0 Å². The minimum Gasteiger partial charge on any atom is -0.374 e. The van der Waals surface area contributed by atoms with Crippen LogP contribution in [0, 0.1) is 5.92 Å². The Morgan fingerprint density at radius 1 is 1.25 bits per heavy atom. The van der Waals surface area contributed by atoms with E-state index in [-0.39, 0.29) is 11.6 Å². The van der Waals surface area contributed by atoms with Gasteiger partial charge in [0.1, 0.15) is 0 Å². The van der Waals surface area contributed by atoms with Gasteiger partial charge in [-0.3, -0.25) is 0 Å². The topological polar surface area (TPSA) is 21.3 Å². The highest BCUT2D eigenvalue weighted by Gasteiger charge is 2.33. The monoisotopic (exact) mass is 277 g/mol. The molecule has 0 heterocycles. The number of ether oxygens (including phenoxy) is 1. The maximum atomic E-state index is 6.04. The lowest BCUT2D eigenvalue weighted by molar-refractivity contribution is -0.0547. The Morgan fingerprint density at radius 3 is 2.45 bits per heavy atom. The van der Waals surface area contributed by atoms with Crippen LogP contribution >= 0.6 is 0 Å². The van der Waals surface area contributed by atoms with Gasteiger partial charge >= 0.3 is 0 Å². The third-order valence-electron chi connectivity index (χ3n) is 4.00. The molecule has 0 aliphatic carbocycles. The zero-order valence-electron chi connectivity index (χ0n) is 14.0. The molecule has 2 unspecified atom stereocenters. The molecular weight excluding hydrogens is 246 g/mol. The molecule has 0 radical (unpaired) electrons. The summed E-state index contributed by atoms with van der Waals surface area (Å²) >= 11 is 0. The van der Waals surface area contributed by atoms with Gasteiger partial charge in [-0.15, -0.1) is 0 Å². The van der Waals surface area contributed by atoms with E-state index in [1.54, 1.807) is 0 Å². The van der Waals surface area contributed by atoms with Gasteiger partial charge in [-0.1, -0.05) is 45.0 Å². The number of hydrogen-bond donors (Lipinski definition) is 1. The molecule has 2 nitrogen and oxygen atoms in total. The molecule has 0 amide bonds.